The van der Waals surface area contributed by atoms with Crippen LogP contribution in [-0.4, -0.2) is 12.8 Å². The molecule has 0 saturated heterocycles. The molecule has 0 aliphatic heterocycles. The van der Waals surface area contributed by atoms with Crippen molar-refractivity contribution in [3.05, 3.63) is 82.9 Å². The van der Waals surface area contributed by atoms with Gasteiger partial charge in [0.25, 0.3) is 0 Å². The highest BCUT2D eigenvalue weighted by Crippen LogP contribution is 2.37. The van der Waals surface area contributed by atoms with Gasteiger partial charge >= 0.3 is 0 Å². The van der Waals surface area contributed by atoms with Gasteiger partial charge in [-0.1, -0.05) is 60.7 Å². The van der Waals surface area contributed by atoms with Crippen LogP contribution >= 0.6 is 0 Å². The summed E-state index contributed by atoms with van der Waals surface area (Å²) in [5, 5.41) is 2.37. The highest BCUT2D eigenvalue weighted by Gasteiger charge is 2.16. The van der Waals surface area contributed by atoms with Crippen molar-refractivity contribution in [2.75, 3.05) is 0 Å². The Morgan fingerprint density at radius 1 is 0.630 bits per heavy atom. The number of hydrogen-bond donors (Lipinski definition) is 0. The minimum absolute atomic E-state index is 0.601. The maximum atomic E-state index is 6.29. The first kappa shape index (κ1) is 17.5. The van der Waals surface area contributed by atoms with E-state index in [9.17, 15) is 0 Å². The average molecular weight is 347 g/mol. The fourth-order valence-electron chi connectivity index (χ4n) is 3.93. The van der Waals surface area contributed by atoms with Gasteiger partial charge in [-0.2, -0.15) is 0 Å². The molecule has 0 spiro atoms. The average Bonchev–Trinajstić information content (AvgIpc) is 2.66. The lowest BCUT2D eigenvalue weighted by Gasteiger charge is -2.18. The topological polar surface area (TPSA) is 12.9 Å². The van der Waals surface area contributed by atoms with Crippen molar-refractivity contribution >= 4 is 24.2 Å². The molecule has 0 unspecified atom stereocenters. The summed E-state index contributed by atoms with van der Waals surface area (Å²) in [5.41, 5.74) is 10.00. The number of fused-ring (bicyclic) bond motifs is 1. The number of rotatable bonds is 2. The van der Waals surface area contributed by atoms with Crippen molar-refractivity contribution in [1.29, 1.82) is 0 Å². The first-order valence-electron chi connectivity index (χ1n) is 9.30. The number of benzene rings is 3. The maximum absolute atomic E-state index is 6.29. The third-order valence-corrected chi connectivity index (χ3v) is 5.56. The molecule has 0 aliphatic carbocycles. The molecule has 3 aromatic carbocycles. The van der Waals surface area contributed by atoms with Crippen LogP contribution < -0.4 is 5.59 Å². The number of pyridine rings is 1. The summed E-state index contributed by atoms with van der Waals surface area (Å²) in [5.74, 6) is 0. The van der Waals surface area contributed by atoms with Gasteiger partial charge in [0.2, 0.25) is 0 Å². The fraction of sp³-hybridized carbons (Fsp3) is 0.160. The second-order valence-corrected chi connectivity index (χ2v) is 7.26. The van der Waals surface area contributed by atoms with Crippen molar-refractivity contribution in [2.24, 2.45) is 0 Å². The highest BCUT2D eigenvalue weighted by molar-refractivity contribution is 6.33. The van der Waals surface area contributed by atoms with E-state index in [-0.39, 0.29) is 0 Å². The number of nitrogens with zero attached hydrogens (tertiary/aromatic N) is 1. The van der Waals surface area contributed by atoms with Crippen LogP contribution in [0.15, 0.2) is 60.7 Å². The molecule has 27 heavy (non-hydrogen) atoms. The zero-order valence-electron chi connectivity index (χ0n) is 16.3. The second-order valence-electron chi connectivity index (χ2n) is 7.26. The van der Waals surface area contributed by atoms with Crippen LogP contribution in [0, 0.1) is 27.7 Å². The molecule has 1 nitrogen and oxygen atoms in total. The predicted octanol–water partition coefficient (Wildman–Crippen LogP) is 5.60. The molecule has 4 aromatic rings. The van der Waals surface area contributed by atoms with Crippen LogP contribution in [0.1, 0.15) is 22.3 Å². The molecule has 0 saturated carbocycles. The molecule has 1 aromatic heterocycles. The Bertz CT molecular complexity index is 1170. The summed E-state index contributed by atoms with van der Waals surface area (Å²) in [7, 11) is 6.29. The van der Waals surface area contributed by atoms with Crippen molar-refractivity contribution in [3.63, 3.8) is 0 Å². The van der Waals surface area contributed by atoms with Gasteiger partial charge in [0.05, 0.1) is 5.69 Å². The first-order chi connectivity index (χ1) is 13.0. The molecule has 0 bridgehead atoms. The Kier molecular flexibility index (Phi) is 4.35. The van der Waals surface area contributed by atoms with Crippen molar-refractivity contribution in [3.8, 4) is 22.4 Å². The number of hydrogen-bond acceptors (Lipinski definition) is 1. The molecular weight excluding hydrogens is 325 g/mol. The highest BCUT2D eigenvalue weighted by atomic mass is 14.7. The summed E-state index contributed by atoms with van der Waals surface area (Å²) in [6.45, 7) is 8.54. The normalized spacial score (nSPS) is 11.1. The van der Waals surface area contributed by atoms with Crippen LogP contribution in [0.2, 0.25) is 0 Å². The first-order valence-corrected chi connectivity index (χ1v) is 9.30. The molecule has 0 fully saturated rings. The summed E-state index contributed by atoms with van der Waals surface area (Å²) >= 11 is 0. The van der Waals surface area contributed by atoms with Gasteiger partial charge in [-0.3, -0.25) is 4.98 Å². The van der Waals surface area contributed by atoms with E-state index in [4.69, 9.17) is 12.8 Å². The van der Waals surface area contributed by atoms with E-state index in [1.807, 2.05) is 0 Å². The lowest BCUT2D eigenvalue weighted by molar-refractivity contribution is 1.33. The third-order valence-electron chi connectivity index (χ3n) is 5.56. The van der Waals surface area contributed by atoms with E-state index in [2.05, 4.69) is 88.4 Å². The van der Waals surface area contributed by atoms with Gasteiger partial charge in [0, 0.05) is 10.9 Å². The van der Waals surface area contributed by atoms with Crippen LogP contribution in [0.25, 0.3) is 33.2 Å². The van der Waals surface area contributed by atoms with Crippen LogP contribution in [-0.2, 0) is 0 Å². The second kappa shape index (κ2) is 6.70. The van der Waals surface area contributed by atoms with Crippen LogP contribution in [0.3, 0.4) is 0 Å². The molecular formula is C25H22BN. The van der Waals surface area contributed by atoms with E-state index in [1.165, 1.54) is 38.6 Å². The number of aryl methyl sites for hydroxylation is 4. The summed E-state index contributed by atoms with van der Waals surface area (Å²) in [6, 6.07) is 21.3. The Morgan fingerprint density at radius 2 is 1.22 bits per heavy atom. The zero-order valence-corrected chi connectivity index (χ0v) is 16.3. The maximum Gasteiger partial charge on any atom is 0.142 e. The van der Waals surface area contributed by atoms with E-state index < -0.39 is 0 Å². The SMILES string of the molecule is [B]c1nc(-c2ccccc2C)c2c(C)c(-c3ccccc3C)ccc2c1C. The molecule has 0 amide bonds. The largest absolute Gasteiger partial charge is 0.263 e. The Morgan fingerprint density at radius 3 is 1.85 bits per heavy atom. The molecule has 4 rings (SSSR count). The number of aromatic nitrogens is 1. The Labute approximate surface area is 162 Å². The summed E-state index contributed by atoms with van der Waals surface area (Å²) in [4.78, 5) is 4.83. The lowest BCUT2D eigenvalue weighted by Crippen LogP contribution is -2.15. The van der Waals surface area contributed by atoms with Gasteiger partial charge in [0.1, 0.15) is 7.85 Å². The van der Waals surface area contributed by atoms with Crippen molar-refractivity contribution in [1.82, 2.24) is 4.98 Å². The molecule has 130 valence electrons. The monoisotopic (exact) mass is 347 g/mol. The van der Waals surface area contributed by atoms with Gasteiger partial charge in [0.15, 0.2) is 0 Å². The Hall–Kier alpha value is -2.87. The van der Waals surface area contributed by atoms with E-state index in [0.29, 0.717) is 5.59 Å². The smallest absolute Gasteiger partial charge is 0.142 e. The van der Waals surface area contributed by atoms with Gasteiger partial charge < -0.3 is 0 Å². The van der Waals surface area contributed by atoms with Gasteiger partial charge in [-0.15, -0.1) is 0 Å². The predicted molar refractivity (Wildman–Crippen MR) is 117 cm³/mol. The minimum Gasteiger partial charge on any atom is -0.263 e. The molecule has 0 atom stereocenters. The zero-order chi connectivity index (χ0) is 19.1. The van der Waals surface area contributed by atoms with Crippen molar-refractivity contribution in [2.45, 2.75) is 27.7 Å². The lowest BCUT2D eigenvalue weighted by atomic mass is 9.86. The summed E-state index contributed by atoms with van der Waals surface area (Å²) < 4.78 is 0. The van der Waals surface area contributed by atoms with E-state index >= 15 is 0 Å². The van der Waals surface area contributed by atoms with E-state index in [1.54, 1.807) is 0 Å². The quantitative estimate of drug-likeness (QED) is 0.430. The van der Waals surface area contributed by atoms with Crippen molar-refractivity contribution < 1.29 is 0 Å². The molecule has 2 radical (unpaired) electrons. The fourth-order valence-corrected chi connectivity index (χ4v) is 3.93. The summed E-state index contributed by atoms with van der Waals surface area (Å²) in [6.07, 6.45) is 0. The van der Waals surface area contributed by atoms with Crippen LogP contribution in [0.5, 0.6) is 0 Å². The van der Waals surface area contributed by atoms with Crippen LogP contribution in [0.4, 0.5) is 0 Å². The third kappa shape index (κ3) is 2.86. The molecule has 1 heterocycles. The minimum atomic E-state index is 0.601. The molecule has 0 N–H and O–H groups in total. The molecule has 2 heteroatoms. The molecule has 0 aliphatic rings. The van der Waals surface area contributed by atoms with Gasteiger partial charge in [-0.25, -0.2) is 0 Å². The van der Waals surface area contributed by atoms with Gasteiger partial charge in [-0.05, 0) is 72.1 Å². The Balaban J connectivity index is 2.13. The van der Waals surface area contributed by atoms with E-state index in [0.717, 1.165) is 16.8 Å². The standard InChI is InChI=1S/C25H22BN/c1-15-9-5-7-11-19(15)21-13-14-22-18(4)25(26)27-24(23(22)17(21)3)20-12-8-6-10-16(20)2/h5-14H,1-4H3.